The van der Waals surface area contributed by atoms with Crippen LogP contribution in [0.2, 0.25) is 0 Å². The van der Waals surface area contributed by atoms with Gasteiger partial charge in [0.2, 0.25) is 6.10 Å². The van der Waals surface area contributed by atoms with E-state index in [-0.39, 0.29) is 12.5 Å². The zero-order chi connectivity index (χ0) is 17.5. The van der Waals surface area contributed by atoms with Gasteiger partial charge in [-0.25, -0.2) is 0 Å². The molecule has 3 heterocycles. The molecule has 2 aromatic carbocycles. The monoisotopic (exact) mass is 351 g/mol. The molecular formula is C21H21NO4. The number of benzene rings is 2. The number of amides is 1. The van der Waals surface area contributed by atoms with Crippen LogP contribution in [0.4, 0.5) is 0 Å². The van der Waals surface area contributed by atoms with Crippen molar-refractivity contribution in [3.63, 3.8) is 0 Å². The van der Waals surface area contributed by atoms with E-state index >= 15 is 0 Å². The van der Waals surface area contributed by atoms with Gasteiger partial charge in [-0.15, -0.1) is 0 Å². The van der Waals surface area contributed by atoms with Crippen molar-refractivity contribution in [2.75, 3.05) is 26.3 Å². The van der Waals surface area contributed by atoms with Crippen LogP contribution in [0.5, 0.6) is 17.2 Å². The fourth-order valence-electron chi connectivity index (χ4n) is 4.04. The van der Waals surface area contributed by atoms with E-state index in [1.165, 1.54) is 11.1 Å². The molecule has 0 unspecified atom stereocenters. The molecule has 0 N–H and O–H groups in total. The van der Waals surface area contributed by atoms with Gasteiger partial charge in [0.05, 0.1) is 6.61 Å². The molecule has 0 aromatic heterocycles. The summed E-state index contributed by atoms with van der Waals surface area (Å²) in [5.41, 5.74) is 2.59. The Morgan fingerprint density at radius 3 is 2.85 bits per heavy atom. The van der Waals surface area contributed by atoms with Crippen LogP contribution in [-0.4, -0.2) is 43.2 Å². The lowest BCUT2D eigenvalue weighted by Gasteiger charge is -2.28. The van der Waals surface area contributed by atoms with E-state index in [0.717, 1.165) is 38.3 Å². The first-order chi connectivity index (χ1) is 12.8. The first-order valence-corrected chi connectivity index (χ1v) is 9.21. The lowest BCUT2D eigenvalue weighted by atomic mass is 9.96. The molecule has 1 fully saturated rings. The van der Waals surface area contributed by atoms with Gasteiger partial charge in [-0.1, -0.05) is 24.3 Å². The first kappa shape index (κ1) is 15.6. The molecule has 1 amide bonds. The smallest absolute Gasteiger partial charge is 0.267 e. The Morgan fingerprint density at radius 1 is 1.04 bits per heavy atom. The SMILES string of the molecule is O=C([C@@H]1COc2ccccc2O1)N1CC[C@H](c2ccc3c(c2)CCO3)C1. The van der Waals surface area contributed by atoms with Crippen molar-refractivity contribution in [3.8, 4) is 17.2 Å². The molecular weight excluding hydrogens is 330 g/mol. The first-order valence-electron chi connectivity index (χ1n) is 9.21. The predicted octanol–water partition coefficient (Wildman–Crippen LogP) is 2.78. The van der Waals surface area contributed by atoms with Crippen molar-refractivity contribution >= 4 is 5.91 Å². The summed E-state index contributed by atoms with van der Waals surface area (Å²) in [6.45, 7) is 2.54. The molecule has 0 radical (unpaired) electrons. The molecule has 5 rings (SSSR count). The van der Waals surface area contributed by atoms with Crippen LogP contribution in [0.3, 0.4) is 0 Å². The minimum absolute atomic E-state index is 0.0199. The summed E-state index contributed by atoms with van der Waals surface area (Å²) in [5, 5.41) is 0. The highest BCUT2D eigenvalue weighted by Crippen LogP contribution is 2.35. The average molecular weight is 351 g/mol. The summed E-state index contributed by atoms with van der Waals surface area (Å²) in [5.74, 6) is 2.75. The highest BCUT2D eigenvalue weighted by Gasteiger charge is 2.35. The van der Waals surface area contributed by atoms with Crippen molar-refractivity contribution < 1.29 is 19.0 Å². The molecule has 2 atom stereocenters. The maximum atomic E-state index is 12.9. The van der Waals surface area contributed by atoms with Crippen molar-refractivity contribution in [2.24, 2.45) is 0 Å². The Balaban J connectivity index is 1.27. The summed E-state index contributed by atoms with van der Waals surface area (Å²) in [6, 6.07) is 13.9. The van der Waals surface area contributed by atoms with Crippen LogP contribution >= 0.6 is 0 Å². The minimum Gasteiger partial charge on any atom is -0.493 e. The summed E-state index contributed by atoms with van der Waals surface area (Å²) in [7, 11) is 0. The number of fused-ring (bicyclic) bond motifs is 2. The quantitative estimate of drug-likeness (QED) is 0.835. The van der Waals surface area contributed by atoms with Crippen LogP contribution in [0.1, 0.15) is 23.5 Å². The van der Waals surface area contributed by atoms with Gasteiger partial charge in [-0.05, 0) is 35.7 Å². The second-order valence-electron chi connectivity index (χ2n) is 7.10. The number of carbonyl (C=O) groups excluding carboxylic acids is 1. The maximum absolute atomic E-state index is 12.9. The number of hydrogen-bond donors (Lipinski definition) is 0. The van der Waals surface area contributed by atoms with Crippen molar-refractivity contribution in [2.45, 2.75) is 24.9 Å². The molecule has 0 saturated carbocycles. The Bertz CT molecular complexity index is 850. The summed E-state index contributed by atoms with van der Waals surface area (Å²) in [4.78, 5) is 14.8. The van der Waals surface area contributed by atoms with Gasteiger partial charge in [0.25, 0.3) is 5.91 Å². The Morgan fingerprint density at radius 2 is 1.92 bits per heavy atom. The lowest BCUT2D eigenvalue weighted by Crippen LogP contribution is -2.45. The van der Waals surface area contributed by atoms with Crippen molar-refractivity contribution in [1.82, 2.24) is 4.90 Å². The molecule has 5 nitrogen and oxygen atoms in total. The highest BCUT2D eigenvalue weighted by molar-refractivity contribution is 5.82. The number of rotatable bonds is 2. The summed E-state index contributed by atoms with van der Waals surface area (Å²) in [6.07, 6.45) is 1.40. The molecule has 0 spiro atoms. The fraction of sp³-hybridized carbons (Fsp3) is 0.381. The Hall–Kier alpha value is -2.69. The van der Waals surface area contributed by atoms with Crippen LogP contribution in [0.25, 0.3) is 0 Å². The van der Waals surface area contributed by atoms with Crippen molar-refractivity contribution in [1.29, 1.82) is 0 Å². The van der Waals surface area contributed by atoms with Gasteiger partial charge in [0.1, 0.15) is 12.4 Å². The number of likely N-dealkylation sites (tertiary alicyclic amines) is 1. The van der Waals surface area contributed by atoms with Gasteiger partial charge in [0, 0.05) is 25.4 Å². The third-order valence-electron chi connectivity index (χ3n) is 5.47. The zero-order valence-electron chi connectivity index (χ0n) is 14.5. The van der Waals surface area contributed by atoms with E-state index < -0.39 is 6.10 Å². The van der Waals surface area contributed by atoms with Crippen LogP contribution in [0.15, 0.2) is 42.5 Å². The standard InChI is InChI=1S/C21H21NO4/c23-21(20-13-25-18-3-1-2-4-19(18)26-20)22-9-7-16(12-22)14-5-6-17-15(11-14)8-10-24-17/h1-6,11,16,20H,7-10,12-13H2/t16-,20-/m0/s1. The summed E-state index contributed by atoms with van der Waals surface area (Å²) >= 11 is 0. The molecule has 2 aromatic rings. The highest BCUT2D eigenvalue weighted by atomic mass is 16.6. The van der Waals surface area contributed by atoms with Crippen LogP contribution < -0.4 is 14.2 Å². The van der Waals surface area contributed by atoms with E-state index in [1.54, 1.807) is 0 Å². The molecule has 1 saturated heterocycles. The van der Waals surface area contributed by atoms with E-state index in [1.807, 2.05) is 29.2 Å². The minimum atomic E-state index is -0.558. The molecule has 0 aliphatic carbocycles. The molecule has 5 heteroatoms. The topological polar surface area (TPSA) is 48.0 Å². The molecule has 134 valence electrons. The fourth-order valence-corrected chi connectivity index (χ4v) is 4.04. The number of para-hydroxylation sites is 2. The van der Waals surface area contributed by atoms with Crippen molar-refractivity contribution in [3.05, 3.63) is 53.6 Å². The van der Waals surface area contributed by atoms with Gasteiger partial charge in [0.15, 0.2) is 11.5 Å². The molecule has 0 bridgehead atoms. The number of nitrogens with zero attached hydrogens (tertiary/aromatic N) is 1. The molecule has 26 heavy (non-hydrogen) atoms. The van der Waals surface area contributed by atoms with Crippen LogP contribution in [-0.2, 0) is 11.2 Å². The molecule has 3 aliphatic heterocycles. The number of hydrogen-bond acceptors (Lipinski definition) is 4. The van der Waals surface area contributed by atoms with Gasteiger partial charge in [-0.2, -0.15) is 0 Å². The third kappa shape index (κ3) is 2.68. The van der Waals surface area contributed by atoms with E-state index in [4.69, 9.17) is 14.2 Å². The average Bonchev–Trinajstić information content (AvgIpc) is 3.35. The van der Waals surface area contributed by atoms with E-state index in [0.29, 0.717) is 17.4 Å². The lowest BCUT2D eigenvalue weighted by molar-refractivity contribution is -0.140. The largest absolute Gasteiger partial charge is 0.493 e. The van der Waals surface area contributed by atoms with Gasteiger partial charge in [-0.3, -0.25) is 4.79 Å². The Kier molecular flexibility index (Phi) is 3.73. The maximum Gasteiger partial charge on any atom is 0.267 e. The van der Waals surface area contributed by atoms with E-state index in [2.05, 4.69) is 18.2 Å². The number of carbonyl (C=O) groups is 1. The molecule has 3 aliphatic rings. The van der Waals surface area contributed by atoms with Gasteiger partial charge >= 0.3 is 0 Å². The Labute approximate surface area is 152 Å². The normalized spacial score (nSPS) is 23.5. The second kappa shape index (κ2) is 6.24. The van der Waals surface area contributed by atoms with E-state index in [9.17, 15) is 4.79 Å². The third-order valence-corrected chi connectivity index (χ3v) is 5.47. The predicted molar refractivity (Wildman–Crippen MR) is 95.9 cm³/mol. The second-order valence-corrected chi connectivity index (χ2v) is 7.10. The zero-order valence-corrected chi connectivity index (χ0v) is 14.5. The van der Waals surface area contributed by atoms with Gasteiger partial charge < -0.3 is 19.1 Å². The number of ether oxygens (including phenoxy) is 3. The van der Waals surface area contributed by atoms with Crippen LogP contribution in [0, 0.1) is 0 Å². The summed E-state index contributed by atoms with van der Waals surface area (Å²) < 4.78 is 17.2.